The van der Waals surface area contributed by atoms with Crippen LogP contribution in [0.25, 0.3) is 0 Å². The van der Waals surface area contributed by atoms with Gasteiger partial charge in [-0.1, -0.05) is 20.3 Å². The first-order valence-corrected chi connectivity index (χ1v) is 4.24. The van der Waals surface area contributed by atoms with Crippen LogP contribution >= 0.6 is 0 Å². The Morgan fingerprint density at radius 3 is 2.36 bits per heavy atom. The molecule has 0 saturated heterocycles. The fraction of sp³-hybridized carbons (Fsp3) is 0.636. The molecule has 0 N–H and O–H groups in total. The summed E-state index contributed by atoms with van der Waals surface area (Å²) < 4.78 is 0. The highest BCUT2D eigenvalue weighted by atomic mass is 14.0. The van der Waals surface area contributed by atoms with Crippen LogP contribution in [0.4, 0.5) is 0 Å². The predicted molar refractivity (Wildman–Crippen MR) is 49.9 cm³/mol. The zero-order valence-corrected chi connectivity index (χ0v) is 7.48. The average Bonchev–Trinajstić information content (AvgIpc) is 2.03. The fourth-order valence-corrected chi connectivity index (χ4v) is 0.869. The van der Waals surface area contributed by atoms with Gasteiger partial charge < -0.3 is 0 Å². The van der Waals surface area contributed by atoms with Crippen molar-refractivity contribution in [3.63, 3.8) is 0 Å². The van der Waals surface area contributed by atoms with Crippen LogP contribution in [-0.2, 0) is 0 Å². The molecule has 1 atom stereocenters. The molecule has 0 heteroatoms. The van der Waals surface area contributed by atoms with Gasteiger partial charge in [0.1, 0.15) is 0 Å². The fourth-order valence-electron chi connectivity index (χ4n) is 0.869. The van der Waals surface area contributed by atoms with E-state index in [-0.39, 0.29) is 0 Å². The van der Waals surface area contributed by atoms with Crippen LogP contribution in [0.5, 0.6) is 0 Å². The van der Waals surface area contributed by atoms with Gasteiger partial charge in [0.15, 0.2) is 0 Å². The number of terminal acetylenes is 1. The highest BCUT2D eigenvalue weighted by Crippen LogP contribution is 2.10. The van der Waals surface area contributed by atoms with E-state index in [2.05, 4.69) is 31.6 Å². The van der Waals surface area contributed by atoms with Gasteiger partial charge in [0.05, 0.1) is 0 Å². The number of rotatable bonds is 3. The van der Waals surface area contributed by atoms with E-state index < -0.39 is 0 Å². The van der Waals surface area contributed by atoms with E-state index in [0.717, 1.165) is 25.7 Å². The minimum Gasteiger partial charge on any atom is -0.120 e. The quantitative estimate of drug-likeness (QED) is 0.540. The second kappa shape index (κ2) is 7.23. The van der Waals surface area contributed by atoms with Gasteiger partial charge >= 0.3 is 0 Å². The molecule has 0 bridgehead atoms. The first kappa shape index (κ1) is 10.1. The standard InChI is InChI=1S/C11H16/c1-4-7-8-10-11(6-3)9-5-2/h2,11H,4,6,9-10H2,1,3H3. The molecule has 0 aromatic carbocycles. The first-order chi connectivity index (χ1) is 5.35. The SMILES string of the molecule is C#CCC(CC)CC#CCC. The van der Waals surface area contributed by atoms with Crippen molar-refractivity contribution < 1.29 is 0 Å². The van der Waals surface area contributed by atoms with Crippen molar-refractivity contribution in [3.05, 3.63) is 0 Å². The molecule has 0 aliphatic carbocycles. The maximum Gasteiger partial charge on any atom is 0.0126 e. The Labute approximate surface area is 70.4 Å². The molecule has 0 radical (unpaired) electrons. The van der Waals surface area contributed by atoms with Crippen molar-refractivity contribution in [2.24, 2.45) is 5.92 Å². The van der Waals surface area contributed by atoms with E-state index >= 15 is 0 Å². The molecule has 0 saturated carbocycles. The molecule has 0 amide bonds. The Morgan fingerprint density at radius 1 is 1.18 bits per heavy atom. The molecular formula is C11H16. The van der Waals surface area contributed by atoms with Gasteiger partial charge in [-0.2, -0.15) is 0 Å². The summed E-state index contributed by atoms with van der Waals surface area (Å²) in [5.41, 5.74) is 0. The van der Waals surface area contributed by atoms with Crippen LogP contribution in [0.1, 0.15) is 39.5 Å². The van der Waals surface area contributed by atoms with Gasteiger partial charge in [-0.15, -0.1) is 24.2 Å². The summed E-state index contributed by atoms with van der Waals surface area (Å²) in [7, 11) is 0. The minimum absolute atomic E-state index is 0.610. The lowest BCUT2D eigenvalue weighted by atomic mass is 9.99. The van der Waals surface area contributed by atoms with Gasteiger partial charge in [0, 0.05) is 19.3 Å². The van der Waals surface area contributed by atoms with Crippen molar-refractivity contribution >= 4 is 0 Å². The second-order valence-corrected chi connectivity index (χ2v) is 2.59. The molecule has 0 nitrogen and oxygen atoms in total. The van der Waals surface area contributed by atoms with E-state index in [1.54, 1.807) is 0 Å². The highest BCUT2D eigenvalue weighted by Gasteiger charge is 2.00. The topological polar surface area (TPSA) is 0 Å². The third-order valence-electron chi connectivity index (χ3n) is 1.68. The Balaban J connectivity index is 3.61. The van der Waals surface area contributed by atoms with Crippen molar-refractivity contribution in [1.29, 1.82) is 0 Å². The normalized spacial score (nSPS) is 11.0. The third kappa shape index (κ3) is 5.56. The lowest BCUT2D eigenvalue weighted by Crippen LogP contribution is -1.94. The number of hydrogen-bond acceptors (Lipinski definition) is 0. The summed E-state index contributed by atoms with van der Waals surface area (Å²) in [5, 5.41) is 0. The van der Waals surface area contributed by atoms with Crippen molar-refractivity contribution in [1.82, 2.24) is 0 Å². The van der Waals surface area contributed by atoms with Crippen LogP contribution < -0.4 is 0 Å². The molecule has 0 rings (SSSR count). The van der Waals surface area contributed by atoms with Gasteiger partial charge in [-0.3, -0.25) is 0 Å². The summed E-state index contributed by atoms with van der Waals surface area (Å²) in [6.07, 6.45) is 9.14. The Kier molecular flexibility index (Phi) is 6.65. The lowest BCUT2D eigenvalue weighted by molar-refractivity contribution is 0.539. The van der Waals surface area contributed by atoms with Crippen LogP contribution in [0.3, 0.4) is 0 Å². The molecule has 1 unspecified atom stereocenters. The largest absolute Gasteiger partial charge is 0.120 e. The molecule has 0 aromatic rings. The van der Waals surface area contributed by atoms with Crippen LogP contribution in [0, 0.1) is 30.1 Å². The summed E-state index contributed by atoms with van der Waals surface area (Å²) >= 11 is 0. The molecule has 0 heterocycles. The summed E-state index contributed by atoms with van der Waals surface area (Å²) in [4.78, 5) is 0. The summed E-state index contributed by atoms with van der Waals surface area (Å²) in [5.74, 6) is 9.47. The molecule has 0 spiro atoms. The van der Waals surface area contributed by atoms with E-state index in [1.165, 1.54) is 0 Å². The lowest BCUT2D eigenvalue weighted by Gasteiger charge is -2.04. The molecule has 0 aliphatic rings. The molecule has 60 valence electrons. The van der Waals surface area contributed by atoms with Crippen molar-refractivity contribution in [2.45, 2.75) is 39.5 Å². The van der Waals surface area contributed by atoms with Gasteiger partial charge in [0.25, 0.3) is 0 Å². The maximum absolute atomic E-state index is 5.21. The Bertz CT molecular complexity index is 172. The van der Waals surface area contributed by atoms with Gasteiger partial charge in [-0.05, 0) is 5.92 Å². The second-order valence-electron chi connectivity index (χ2n) is 2.59. The maximum atomic E-state index is 5.21. The first-order valence-electron chi connectivity index (χ1n) is 4.24. The monoisotopic (exact) mass is 148 g/mol. The van der Waals surface area contributed by atoms with Crippen LogP contribution in [-0.4, -0.2) is 0 Å². The zero-order chi connectivity index (χ0) is 8.53. The smallest absolute Gasteiger partial charge is 0.0126 e. The third-order valence-corrected chi connectivity index (χ3v) is 1.68. The van der Waals surface area contributed by atoms with Crippen molar-refractivity contribution in [3.8, 4) is 24.2 Å². The van der Waals surface area contributed by atoms with Crippen LogP contribution in [0.15, 0.2) is 0 Å². The van der Waals surface area contributed by atoms with E-state index in [4.69, 9.17) is 6.42 Å². The highest BCUT2D eigenvalue weighted by molar-refractivity contribution is 5.00. The Morgan fingerprint density at radius 2 is 1.91 bits per heavy atom. The van der Waals surface area contributed by atoms with Crippen molar-refractivity contribution in [2.75, 3.05) is 0 Å². The average molecular weight is 148 g/mol. The molecule has 0 aromatic heterocycles. The molecule has 0 aliphatic heterocycles. The van der Waals surface area contributed by atoms with E-state index in [1.807, 2.05) is 0 Å². The summed E-state index contributed by atoms with van der Waals surface area (Å²) in [6.45, 7) is 4.23. The van der Waals surface area contributed by atoms with Gasteiger partial charge in [0.2, 0.25) is 0 Å². The van der Waals surface area contributed by atoms with Gasteiger partial charge in [-0.25, -0.2) is 0 Å². The molecule has 11 heavy (non-hydrogen) atoms. The van der Waals surface area contributed by atoms with E-state index in [0.29, 0.717) is 5.92 Å². The minimum atomic E-state index is 0.610. The summed E-state index contributed by atoms with van der Waals surface area (Å²) in [6, 6.07) is 0. The number of hydrogen-bond donors (Lipinski definition) is 0. The Hall–Kier alpha value is -0.880. The van der Waals surface area contributed by atoms with Crippen LogP contribution in [0.2, 0.25) is 0 Å². The predicted octanol–water partition coefficient (Wildman–Crippen LogP) is 2.84. The zero-order valence-electron chi connectivity index (χ0n) is 7.48. The van der Waals surface area contributed by atoms with E-state index in [9.17, 15) is 0 Å². The molecular weight excluding hydrogens is 132 g/mol. The molecule has 0 fully saturated rings.